The maximum absolute atomic E-state index is 3.94. The monoisotopic (exact) mass is 341 g/mol. The first-order chi connectivity index (χ1) is 9.24. The maximum atomic E-state index is 3.94. The Morgan fingerprint density at radius 1 is 1.21 bits per heavy atom. The van der Waals surface area contributed by atoms with Gasteiger partial charge >= 0.3 is 0 Å². The van der Waals surface area contributed by atoms with Crippen LogP contribution in [0.3, 0.4) is 0 Å². The molecule has 0 aromatic carbocycles. The van der Waals surface area contributed by atoms with Crippen LogP contribution in [0.5, 0.6) is 0 Å². The van der Waals surface area contributed by atoms with Crippen molar-refractivity contribution in [2.45, 2.75) is 70.4 Å². The van der Waals surface area contributed by atoms with Crippen molar-refractivity contribution >= 4 is 27.3 Å². The van der Waals surface area contributed by atoms with Crippen molar-refractivity contribution in [1.82, 2.24) is 5.32 Å². The molecule has 1 fully saturated rings. The fourth-order valence-electron chi connectivity index (χ4n) is 3.78. The second kappa shape index (κ2) is 6.28. The molecule has 1 N–H and O–H groups in total. The number of rotatable bonds is 3. The highest BCUT2D eigenvalue weighted by Crippen LogP contribution is 2.39. The molecular formula is C16H24BrNS. The third-order valence-electron chi connectivity index (χ3n) is 4.90. The van der Waals surface area contributed by atoms with E-state index < -0.39 is 0 Å². The molecule has 1 nitrogen and oxygen atoms in total. The third-order valence-corrected chi connectivity index (χ3v) is 6.62. The lowest BCUT2D eigenvalue weighted by Gasteiger charge is -2.33. The number of aryl methyl sites for hydroxylation is 1. The van der Waals surface area contributed by atoms with Crippen LogP contribution in [0.15, 0.2) is 9.85 Å². The molecule has 0 saturated heterocycles. The van der Waals surface area contributed by atoms with Gasteiger partial charge in [0, 0.05) is 17.0 Å². The average molecular weight is 342 g/mol. The number of hydrogen-bond donors (Lipinski definition) is 1. The van der Waals surface area contributed by atoms with Crippen LogP contribution in [-0.4, -0.2) is 6.04 Å². The fraction of sp³-hybridized carbons (Fsp3) is 0.750. The van der Waals surface area contributed by atoms with Crippen molar-refractivity contribution in [2.75, 3.05) is 0 Å². The van der Waals surface area contributed by atoms with Gasteiger partial charge < -0.3 is 5.32 Å². The van der Waals surface area contributed by atoms with E-state index in [9.17, 15) is 0 Å². The largest absolute Gasteiger partial charge is 0.307 e. The van der Waals surface area contributed by atoms with Gasteiger partial charge in [0.05, 0.1) is 3.79 Å². The van der Waals surface area contributed by atoms with Crippen LogP contribution in [0.4, 0.5) is 0 Å². The van der Waals surface area contributed by atoms with Crippen LogP contribution in [-0.2, 0) is 6.42 Å². The molecular weight excluding hydrogens is 318 g/mol. The smallest absolute Gasteiger partial charge is 0.0704 e. The average Bonchev–Trinajstić information content (AvgIpc) is 2.81. The Labute approximate surface area is 129 Å². The van der Waals surface area contributed by atoms with Crippen molar-refractivity contribution < 1.29 is 0 Å². The van der Waals surface area contributed by atoms with Gasteiger partial charge in [0.15, 0.2) is 0 Å². The lowest BCUT2D eigenvalue weighted by atomic mass is 9.83. The Bertz CT molecular complexity index is 422. The third kappa shape index (κ3) is 3.25. The molecule has 2 atom stereocenters. The second-order valence-electron chi connectivity index (χ2n) is 6.23. The van der Waals surface area contributed by atoms with Crippen LogP contribution in [0, 0.1) is 5.92 Å². The molecule has 0 aliphatic heterocycles. The van der Waals surface area contributed by atoms with Gasteiger partial charge in [-0.05, 0) is 72.5 Å². The van der Waals surface area contributed by atoms with Crippen molar-refractivity contribution in [3.05, 3.63) is 20.3 Å². The van der Waals surface area contributed by atoms with Crippen molar-refractivity contribution in [3.63, 3.8) is 0 Å². The molecule has 1 saturated carbocycles. The predicted octanol–water partition coefficient (Wildman–Crippen LogP) is 5.45. The molecule has 1 aromatic heterocycles. The molecule has 0 amide bonds. The summed E-state index contributed by atoms with van der Waals surface area (Å²) in [6.45, 7) is 2.41. The van der Waals surface area contributed by atoms with Gasteiger partial charge in [-0.2, -0.15) is 0 Å². The van der Waals surface area contributed by atoms with Crippen LogP contribution in [0.2, 0.25) is 0 Å². The molecule has 2 aliphatic carbocycles. The van der Waals surface area contributed by atoms with E-state index in [4.69, 9.17) is 0 Å². The Morgan fingerprint density at radius 3 is 2.79 bits per heavy atom. The first kappa shape index (κ1) is 14.1. The van der Waals surface area contributed by atoms with E-state index >= 15 is 0 Å². The summed E-state index contributed by atoms with van der Waals surface area (Å²) in [6.07, 6.45) is 11.1. The summed E-state index contributed by atoms with van der Waals surface area (Å²) in [7, 11) is 0. The molecule has 1 unspecified atom stereocenters. The summed E-state index contributed by atoms with van der Waals surface area (Å²) >= 11 is 5.59. The van der Waals surface area contributed by atoms with E-state index in [0.29, 0.717) is 12.1 Å². The van der Waals surface area contributed by atoms with Crippen molar-refractivity contribution in [1.29, 1.82) is 0 Å². The number of thiophene rings is 1. The number of hydrogen-bond acceptors (Lipinski definition) is 2. The summed E-state index contributed by atoms with van der Waals surface area (Å²) in [4.78, 5) is 1.60. The SMILES string of the molecule is C[C@H](NC1CCCc2sc(Br)cc21)C1CCCCC1. The van der Waals surface area contributed by atoms with Crippen LogP contribution in [0.25, 0.3) is 0 Å². The Balaban J connectivity index is 1.66. The van der Waals surface area contributed by atoms with Gasteiger partial charge in [-0.3, -0.25) is 0 Å². The molecule has 0 radical (unpaired) electrons. The zero-order valence-electron chi connectivity index (χ0n) is 11.8. The Hall–Kier alpha value is 0.140. The van der Waals surface area contributed by atoms with Gasteiger partial charge in [0.1, 0.15) is 0 Å². The predicted molar refractivity (Wildman–Crippen MR) is 86.9 cm³/mol. The zero-order valence-corrected chi connectivity index (χ0v) is 14.2. The van der Waals surface area contributed by atoms with Gasteiger partial charge in [-0.1, -0.05) is 19.3 Å². The molecule has 1 aromatic rings. The summed E-state index contributed by atoms with van der Waals surface area (Å²) in [5, 5.41) is 3.94. The standard InChI is InChI=1S/C16H24BrNS/c1-11(12-6-3-2-4-7-12)18-14-8-5-9-15-13(14)10-16(17)19-15/h10-12,14,18H,2-9H2,1H3/t11-,14?/m0/s1. The highest BCUT2D eigenvalue weighted by molar-refractivity contribution is 9.11. The molecule has 1 heterocycles. The van der Waals surface area contributed by atoms with E-state index in [1.54, 1.807) is 10.4 Å². The quantitative estimate of drug-likeness (QED) is 0.770. The zero-order chi connectivity index (χ0) is 13.2. The second-order valence-corrected chi connectivity index (χ2v) is 8.74. The summed E-state index contributed by atoms with van der Waals surface area (Å²) in [5.74, 6) is 0.904. The van der Waals surface area contributed by atoms with Gasteiger partial charge in [0.25, 0.3) is 0 Å². The lowest BCUT2D eigenvalue weighted by Crippen LogP contribution is -2.38. The summed E-state index contributed by atoms with van der Waals surface area (Å²) < 4.78 is 1.30. The molecule has 0 bridgehead atoms. The van der Waals surface area contributed by atoms with E-state index in [2.05, 4.69) is 34.2 Å². The Kier molecular flexibility index (Phi) is 4.66. The highest BCUT2D eigenvalue weighted by Gasteiger charge is 2.27. The first-order valence-corrected chi connectivity index (χ1v) is 9.39. The minimum Gasteiger partial charge on any atom is -0.307 e. The topological polar surface area (TPSA) is 12.0 Å². The number of fused-ring (bicyclic) bond motifs is 1. The number of halogens is 1. The van der Waals surface area contributed by atoms with Gasteiger partial charge in [-0.25, -0.2) is 0 Å². The first-order valence-electron chi connectivity index (χ1n) is 7.78. The normalized spacial score (nSPS) is 26.1. The highest BCUT2D eigenvalue weighted by atomic mass is 79.9. The summed E-state index contributed by atoms with van der Waals surface area (Å²) in [5.41, 5.74) is 1.57. The molecule has 0 spiro atoms. The van der Waals surface area contributed by atoms with Crippen LogP contribution < -0.4 is 5.32 Å². The summed E-state index contributed by atoms with van der Waals surface area (Å²) in [6, 6.07) is 3.63. The lowest BCUT2D eigenvalue weighted by molar-refractivity contribution is 0.257. The van der Waals surface area contributed by atoms with E-state index in [0.717, 1.165) is 5.92 Å². The molecule has 3 heteroatoms. The molecule has 2 aliphatic rings. The maximum Gasteiger partial charge on any atom is 0.0704 e. The molecule has 106 valence electrons. The van der Waals surface area contributed by atoms with E-state index in [-0.39, 0.29) is 0 Å². The van der Waals surface area contributed by atoms with Gasteiger partial charge in [-0.15, -0.1) is 11.3 Å². The van der Waals surface area contributed by atoms with Crippen LogP contribution in [0.1, 0.15) is 68.4 Å². The van der Waals surface area contributed by atoms with Gasteiger partial charge in [0.2, 0.25) is 0 Å². The van der Waals surface area contributed by atoms with E-state index in [1.165, 1.54) is 55.2 Å². The number of nitrogens with one attached hydrogen (secondary N) is 1. The minimum atomic E-state index is 0.600. The fourth-order valence-corrected chi connectivity index (χ4v) is 5.60. The van der Waals surface area contributed by atoms with Crippen molar-refractivity contribution in [3.8, 4) is 0 Å². The molecule has 3 rings (SSSR count). The minimum absolute atomic E-state index is 0.600. The van der Waals surface area contributed by atoms with Crippen molar-refractivity contribution in [2.24, 2.45) is 5.92 Å². The van der Waals surface area contributed by atoms with E-state index in [1.807, 2.05) is 11.3 Å². The molecule has 19 heavy (non-hydrogen) atoms. The Morgan fingerprint density at radius 2 is 2.00 bits per heavy atom. The van der Waals surface area contributed by atoms with Crippen LogP contribution >= 0.6 is 27.3 Å².